The van der Waals surface area contributed by atoms with Gasteiger partial charge in [-0.15, -0.1) is 10.2 Å². The summed E-state index contributed by atoms with van der Waals surface area (Å²) in [7, 11) is -1.04. The molecule has 1 saturated heterocycles. The van der Waals surface area contributed by atoms with Crippen LogP contribution in [0.4, 0.5) is 5.69 Å². The van der Waals surface area contributed by atoms with Crippen molar-refractivity contribution in [2.24, 2.45) is 13.0 Å². The molecule has 25 heavy (non-hydrogen) atoms. The number of benzene rings is 1. The van der Waals surface area contributed by atoms with Crippen LogP contribution in [0.5, 0.6) is 0 Å². The zero-order chi connectivity index (χ0) is 17.9. The molecule has 2 aromatic rings. The number of carbonyl (C=O) groups excluding carboxylic acids is 1. The first-order valence-corrected chi connectivity index (χ1v) is 10.8. The zero-order valence-corrected chi connectivity index (χ0v) is 15.5. The van der Waals surface area contributed by atoms with E-state index in [-0.39, 0.29) is 29.1 Å². The van der Waals surface area contributed by atoms with Crippen LogP contribution in [0, 0.1) is 5.92 Å². The van der Waals surface area contributed by atoms with Gasteiger partial charge in [0.25, 0.3) is 0 Å². The number of sulfone groups is 1. The lowest BCUT2D eigenvalue weighted by molar-refractivity contribution is -0.113. The van der Waals surface area contributed by atoms with Crippen LogP contribution in [0.25, 0.3) is 0 Å². The number of nitrogens with zero attached hydrogens (tertiary/aromatic N) is 3. The van der Waals surface area contributed by atoms with Crippen molar-refractivity contribution < 1.29 is 13.2 Å². The van der Waals surface area contributed by atoms with E-state index < -0.39 is 9.84 Å². The van der Waals surface area contributed by atoms with E-state index in [1.807, 2.05) is 41.9 Å². The molecule has 1 amide bonds. The number of carbonyl (C=O) groups is 1. The Hall–Kier alpha value is -1.87. The van der Waals surface area contributed by atoms with Crippen LogP contribution in [0.1, 0.15) is 12.2 Å². The van der Waals surface area contributed by atoms with Gasteiger partial charge in [0.2, 0.25) is 5.91 Å². The number of para-hydroxylation sites is 1. The number of amides is 1. The van der Waals surface area contributed by atoms with E-state index in [1.165, 1.54) is 11.8 Å². The number of hydrogen-bond donors (Lipinski definition) is 1. The second kappa shape index (κ2) is 7.57. The highest BCUT2D eigenvalue weighted by Crippen LogP contribution is 2.23. The lowest BCUT2D eigenvalue weighted by atomic mass is 10.1. The molecule has 0 bridgehead atoms. The molecule has 0 saturated carbocycles. The quantitative estimate of drug-likeness (QED) is 0.764. The van der Waals surface area contributed by atoms with Crippen LogP contribution in [0.3, 0.4) is 0 Å². The minimum absolute atomic E-state index is 0.104. The molecule has 1 N–H and O–H groups in total. The fraction of sp³-hybridized carbons (Fsp3) is 0.438. The molecule has 0 unspecified atom stereocenters. The Morgan fingerprint density at radius 1 is 1.32 bits per heavy atom. The summed E-state index contributed by atoms with van der Waals surface area (Å²) < 4.78 is 25.0. The van der Waals surface area contributed by atoms with Gasteiger partial charge in [-0.25, -0.2) is 8.42 Å². The smallest absolute Gasteiger partial charge is 0.234 e. The first kappa shape index (κ1) is 17.9. The molecule has 1 fully saturated rings. The molecule has 1 aromatic carbocycles. The lowest BCUT2D eigenvalue weighted by Gasteiger charge is -2.08. The first-order chi connectivity index (χ1) is 11.9. The fourth-order valence-electron chi connectivity index (χ4n) is 2.79. The SMILES string of the molecule is Cn1c(C[C@H]2CCS(=O)(=O)C2)nnc1SCC(=O)Nc1ccccc1. The molecule has 9 heteroatoms. The summed E-state index contributed by atoms with van der Waals surface area (Å²) in [5.41, 5.74) is 0.759. The molecule has 7 nitrogen and oxygen atoms in total. The van der Waals surface area contributed by atoms with E-state index in [1.54, 1.807) is 0 Å². The highest BCUT2D eigenvalue weighted by atomic mass is 32.2. The Bertz CT molecular complexity index is 850. The molecule has 1 atom stereocenters. The number of anilines is 1. The van der Waals surface area contributed by atoms with E-state index in [2.05, 4.69) is 15.5 Å². The molecule has 3 rings (SSSR count). The summed E-state index contributed by atoms with van der Waals surface area (Å²) in [5.74, 6) is 1.47. The molecule has 0 spiro atoms. The summed E-state index contributed by atoms with van der Waals surface area (Å²) in [6.45, 7) is 0. The van der Waals surface area contributed by atoms with Gasteiger partial charge in [0, 0.05) is 19.2 Å². The first-order valence-electron chi connectivity index (χ1n) is 7.99. The summed E-state index contributed by atoms with van der Waals surface area (Å²) in [6, 6.07) is 9.28. The summed E-state index contributed by atoms with van der Waals surface area (Å²) >= 11 is 1.31. The Labute approximate surface area is 151 Å². The molecule has 1 aliphatic heterocycles. The number of aromatic nitrogens is 3. The van der Waals surface area contributed by atoms with Crippen molar-refractivity contribution in [2.75, 3.05) is 22.6 Å². The van der Waals surface area contributed by atoms with Crippen molar-refractivity contribution in [3.05, 3.63) is 36.2 Å². The monoisotopic (exact) mass is 380 g/mol. The van der Waals surface area contributed by atoms with Gasteiger partial charge in [0.1, 0.15) is 5.82 Å². The third kappa shape index (κ3) is 4.82. The number of thioether (sulfide) groups is 1. The zero-order valence-electron chi connectivity index (χ0n) is 13.9. The predicted octanol–water partition coefficient (Wildman–Crippen LogP) is 1.52. The Kier molecular flexibility index (Phi) is 5.43. The highest BCUT2D eigenvalue weighted by molar-refractivity contribution is 7.99. The number of rotatable bonds is 6. The average molecular weight is 380 g/mol. The maximum absolute atomic E-state index is 12.0. The molecule has 2 heterocycles. The van der Waals surface area contributed by atoms with Crippen molar-refractivity contribution in [3.8, 4) is 0 Å². The molecular formula is C16H20N4O3S2. The van der Waals surface area contributed by atoms with E-state index in [9.17, 15) is 13.2 Å². The Morgan fingerprint density at radius 3 is 2.76 bits per heavy atom. The summed E-state index contributed by atoms with van der Waals surface area (Å²) in [5, 5.41) is 11.7. The van der Waals surface area contributed by atoms with Crippen molar-refractivity contribution in [2.45, 2.75) is 18.0 Å². The summed E-state index contributed by atoms with van der Waals surface area (Å²) in [4.78, 5) is 12.0. The second-order valence-corrected chi connectivity index (χ2v) is 9.31. The summed E-state index contributed by atoms with van der Waals surface area (Å²) in [6.07, 6.45) is 1.27. The molecular weight excluding hydrogens is 360 g/mol. The molecule has 1 aromatic heterocycles. The van der Waals surface area contributed by atoms with E-state index in [4.69, 9.17) is 0 Å². The van der Waals surface area contributed by atoms with Crippen LogP contribution in [-0.2, 0) is 28.1 Å². The largest absolute Gasteiger partial charge is 0.325 e. The normalized spacial score (nSPS) is 19.0. The molecule has 134 valence electrons. The lowest BCUT2D eigenvalue weighted by Crippen LogP contribution is -2.14. The number of hydrogen-bond acceptors (Lipinski definition) is 6. The third-order valence-electron chi connectivity index (χ3n) is 4.11. The molecule has 0 radical (unpaired) electrons. The van der Waals surface area contributed by atoms with Gasteiger partial charge in [0.15, 0.2) is 15.0 Å². The van der Waals surface area contributed by atoms with E-state index >= 15 is 0 Å². The van der Waals surface area contributed by atoms with Crippen LogP contribution in [-0.4, -0.2) is 46.3 Å². The van der Waals surface area contributed by atoms with Crippen LogP contribution >= 0.6 is 11.8 Å². The van der Waals surface area contributed by atoms with E-state index in [0.717, 1.165) is 11.5 Å². The Morgan fingerprint density at radius 2 is 2.08 bits per heavy atom. The predicted molar refractivity (Wildman–Crippen MR) is 97.3 cm³/mol. The minimum Gasteiger partial charge on any atom is -0.325 e. The van der Waals surface area contributed by atoms with Gasteiger partial charge >= 0.3 is 0 Å². The van der Waals surface area contributed by atoms with Crippen molar-refractivity contribution >= 4 is 33.2 Å². The van der Waals surface area contributed by atoms with Crippen molar-refractivity contribution in [1.29, 1.82) is 0 Å². The van der Waals surface area contributed by atoms with Crippen molar-refractivity contribution in [1.82, 2.24) is 14.8 Å². The maximum atomic E-state index is 12.0. The van der Waals surface area contributed by atoms with Gasteiger partial charge in [0.05, 0.1) is 17.3 Å². The molecule has 1 aliphatic rings. The van der Waals surface area contributed by atoms with Crippen LogP contribution < -0.4 is 5.32 Å². The maximum Gasteiger partial charge on any atom is 0.234 e. The minimum atomic E-state index is -2.89. The topological polar surface area (TPSA) is 93.9 Å². The van der Waals surface area contributed by atoms with Gasteiger partial charge in [-0.2, -0.15) is 0 Å². The molecule has 0 aliphatic carbocycles. The van der Waals surface area contributed by atoms with Crippen LogP contribution in [0.2, 0.25) is 0 Å². The van der Waals surface area contributed by atoms with Crippen LogP contribution in [0.15, 0.2) is 35.5 Å². The van der Waals surface area contributed by atoms with Crippen molar-refractivity contribution in [3.63, 3.8) is 0 Å². The third-order valence-corrected chi connectivity index (χ3v) is 6.97. The Balaban J connectivity index is 1.54. The van der Waals surface area contributed by atoms with E-state index in [0.29, 0.717) is 18.0 Å². The fourth-order valence-corrected chi connectivity index (χ4v) is 5.38. The van der Waals surface area contributed by atoms with Gasteiger partial charge < -0.3 is 9.88 Å². The highest BCUT2D eigenvalue weighted by Gasteiger charge is 2.29. The average Bonchev–Trinajstić information content (AvgIpc) is 3.09. The van der Waals surface area contributed by atoms with Gasteiger partial charge in [-0.05, 0) is 24.5 Å². The van der Waals surface area contributed by atoms with Gasteiger partial charge in [-0.1, -0.05) is 30.0 Å². The standard InChI is InChI=1S/C16H20N4O3S2/c1-20-14(9-12-7-8-25(22,23)11-12)18-19-16(20)24-10-15(21)17-13-5-3-2-4-6-13/h2-6,12H,7-11H2,1H3,(H,17,21)/t12-/m1/s1. The van der Waals surface area contributed by atoms with Gasteiger partial charge in [-0.3, -0.25) is 4.79 Å². The second-order valence-electron chi connectivity index (χ2n) is 6.13. The number of nitrogens with one attached hydrogen (secondary N) is 1.